The monoisotopic (exact) mass is 478 g/mol. The Balaban J connectivity index is 1.93. The summed E-state index contributed by atoms with van der Waals surface area (Å²) in [6.07, 6.45) is 13.6. The van der Waals surface area contributed by atoms with Gasteiger partial charge in [0.05, 0.1) is 29.2 Å². The second-order valence-corrected chi connectivity index (χ2v) is 9.97. The van der Waals surface area contributed by atoms with E-state index in [0.29, 0.717) is 24.3 Å². The van der Waals surface area contributed by atoms with Crippen LogP contribution in [0.1, 0.15) is 112 Å². The zero-order valence-electron chi connectivity index (χ0n) is 19.7. The van der Waals surface area contributed by atoms with Crippen LogP contribution in [0.2, 0.25) is 0 Å². The Labute approximate surface area is 201 Å². The van der Waals surface area contributed by atoms with E-state index in [2.05, 4.69) is 13.8 Å². The van der Waals surface area contributed by atoms with Crippen molar-refractivity contribution in [2.24, 2.45) is 0 Å². The Morgan fingerprint density at radius 2 is 1.31 bits per heavy atom. The van der Waals surface area contributed by atoms with Crippen molar-refractivity contribution >= 4 is 34.6 Å². The van der Waals surface area contributed by atoms with Crippen molar-refractivity contribution in [1.29, 1.82) is 0 Å². The first-order chi connectivity index (χ1) is 15.7. The van der Waals surface area contributed by atoms with Gasteiger partial charge in [-0.05, 0) is 24.3 Å². The summed E-state index contributed by atoms with van der Waals surface area (Å²) in [5.74, 6) is -0.848. The van der Waals surface area contributed by atoms with E-state index in [0.717, 1.165) is 35.4 Å². The number of hydrogen-bond acceptors (Lipinski definition) is 6. The van der Waals surface area contributed by atoms with Crippen molar-refractivity contribution in [3.8, 4) is 9.75 Å². The van der Waals surface area contributed by atoms with Crippen LogP contribution < -0.4 is 0 Å². The number of rotatable bonds is 17. The minimum absolute atomic E-state index is 0.331. The van der Waals surface area contributed by atoms with Crippen LogP contribution >= 0.6 is 22.7 Å². The highest BCUT2D eigenvalue weighted by molar-refractivity contribution is 7.20. The van der Waals surface area contributed by atoms with Gasteiger partial charge < -0.3 is 9.47 Å². The highest BCUT2D eigenvalue weighted by atomic mass is 32.1. The molecule has 32 heavy (non-hydrogen) atoms. The Bertz CT molecular complexity index is 780. The predicted octanol–water partition coefficient (Wildman–Crippen LogP) is 8.51. The molecule has 2 rings (SSSR count). The zero-order valence-corrected chi connectivity index (χ0v) is 21.3. The summed E-state index contributed by atoms with van der Waals surface area (Å²) >= 11 is 2.96. The minimum atomic E-state index is -0.427. The van der Waals surface area contributed by atoms with Crippen molar-refractivity contribution < 1.29 is 19.1 Å². The van der Waals surface area contributed by atoms with Gasteiger partial charge in [0.25, 0.3) is 0 Å². The Kier molecular flexibility index (Phi) is 13.3. The molecule has 2 aromatic rings. The Morgan fingerprint density at radius 1 is 0.750 bits per heavy atom. The van der Waals surface area contributed by atoms with E-state index in [1.165, 1.54) is 62.7 Å². The summed E-state index contributed by atoms with van der Waals surface area (Å²) in [6, 6.07) is 3.91. The fraction of sp³-hybridized carbons (Fsp3) is 0.615. The van der Waals surface area contributed by atoms with E-state index in [1.54, 1.807) is 16.7 Å². The van der Waals surface area contributed by atoms with Crippen LogP contribution in [0.5, 0.6) is 0 Å². The smallest absolute Gasteiger partial charge is 0.340 e. The number of carbonyl (C=O) groups excluding carboxylic acids is 2. The van der Waals surface area contributed by atoms with Crippen LogP contribution in [0, 0.1) is 0 Å². The SMILES string of the molecule is CCCCCCCCOC(=O)c1csc(-c2cccs2)c1C(=O)OCCCCCCCC. The first-order valence-corrected chi connectivity index (χ1v) is 13.9. The maximum atomic E-state index is 12.9. The standard InChI is InChI=1S/C26H38O4S2/c1-3-5-7-9-11-13-17-29-25(27)21-20-32-24(22-16-15-19-31-22)23(21)26(28)30-18-14-12-10-8-6-4-2/h15-16,19-20H,3-14,17-18H2,1-2H3. The third kappa shape index (κ3) is 9.07. The molecule has 0 saturated carbocycles. The summed E-state index contributed by atoms with van der Waals surface area (Å²) in [4.78, 5) is 27.4. The maximum absolute atomic E-state index is 12.9. The third-order valence-corrected chi connectivity index (χ3v) is 7.45. The molecule has 0 aromatic carbocycles. The molecule has 2 aromatic heterocycles. The van der Waals surface area contributed by atoms with Crippen LogP contribution in [0.4, 0.5) is 0 Å². The number of carbonyl (C=O) groups is 2. The van der Waals surface area contributed by atoms with Gasteiger partial charge in [-0.15, -0.1) is 22.7 Å². The van der Waals surface area contributed by atoms with Gasteiger partial charge in [-0.2, -0.15) is 0 Å². The summed E-state index contributed by atoms with van der Waals surface area (Å²) in [7, 11) is 0. The molecule has 0 aliphatic heterocycles. The van der Waals surface area contributed by atoms with Gasteiger partial charge in [0.15, 0.2) is 0 Å². The lowest BCUT2D eigenvalue weighted by Crippen LogP contribution is -2.14. The first-order valence-electron chi connectivity index (χ1n) is 12.2. The first kappa shape index (κ1) is 26.6. The van der Waals surface area contributed by atoms with Crippen molar-refractivity contribution in [2.75, 3.05) is 13.2 Å². The highest BCUT2D eigenvalue weighted by Crippen LogP contribution is 2.36. The van der Waals surface area contributed by atoms with Crippen molar-refractivity contribution in [2.45, 2.75) is 90.9 Å². The third-order valence-electron chi connectivity index (χ3n) is 5.42. The second-order valence-electron chi connectivity index (χ2n) is 8.14. The van der Waals surface area contributed by atoms with Crippen LogP contribution in [-0.4, -0.2) is 25.2 Å². The predicted molar refractivity (Wildman–Crippen MR) is 135 cm³/mol. The van der Waals surface area contributed by atoms with E-state index in [4.69, 9.17) is 9.47 Å². The number of unbranched alkanes of at least 4 members (excludes halogenated alkanes) is 10. The topological polar surface area (TPSA) is 52.6 Å². The van der Waals surface area contributed by atoms with Gasteiger partial charge in [0, 0.05) is 10.3 Å². The van der Waals surface area contributed by atoms with Crippen molar-refractivity contribution in [3.05, 3.63) is 34.0 Å². The number of thiophene rings is 2. The van der Waals surface area contributed by atoms with Gasteiger partial charge in [0.1, 0.15) is 0 Å². The quantitative estimate of drug-likeness (QED) is 0.169. The molecule has 0 bridgehead atoms. The summed E-state index contributed by atoms with van der Waals surface area (Å²) in [5, 5.41) is 3.71. The lowest BCUT2D eigenvalue weighted by molar-refractivity contribution is 0.0452. The van der Waals surface area contributed by atoms with Gasteiger partial charge >= 0.3 is 11.9 Å². The van der Waals surface area contributed by atoms with Gasteiger partial charge in [0.2, 0.25) is 0 Å². The molecule has 0 spiro atoms. The molecule has 0 N–H and O–H groups in total. The fourth-order valence-corrected chi connectivity index (χ4v) is 5.45. The molecule has 0 amide bonds. The maximum Gasteiger partial charge on any atom is 0.340 e. The summed E-state index contributed by atoms with van der Waals surface area (Å²) in [6.45, 7) is 5.17. The Hall–Kier alpha value is -1.66. The molecule has 0 saturated heterocycles. The molecule has 0 aliphatic carbocycles. The van der Waals surface area contributed by atoms with Gasteiger partial charge in [-0.25, -0.2) is 9.59 Å². The van der Waals surface area contributed by atoms with Crippen molar-refractivity contribution in [3.63, 3.8) is 0 Å². The Morgan fingerprint density at radius 3 is 1.88 bits per heavy atom. The number of ether oxygens (including phenoxy) is 2. The largest absolute Gasteiger partial charge is 0.462 e. The number of esters is 2. The minimum Gasteiger partial charge on any atom is -0.462 e. The average Bonchev–Trinajstić information content (AvgIpc) is 3.47. The molecule has 4 nitrogen and oxygen atoms in total. The summed E-state index contributed by atoms with van der Waals surface area (Å²) < 4.78 is 11.1. The fourth-order valence-electron chi connectivity index (χ4n) is 3.54. The van der Waals surface area contributed by atoms with E-state index in [9.17, 15) is 9.59 Å². The van der Waals surface area contributed by atoms with E-state index in [1.807, 2.05) is 17.5 Å². The van der Waals surface area contributed by atoms with Gasteiger partial charge in [-0.1, -0.05) is 84.1 Å². The lowest BCUT2D eigenvalue weighted by Gasteiger charge is -2.09. The molecule has 0 radical (unpaired) electrons. The van der Waals surface area contributed by atoms with Gasteiger partial charge in [-0.3, -0.25) is 0 Å². The molecule has 0 unspecified atom stereocenters. The summed E-state index contributed by atoms with van der Waals surface area (Å²) in [5.41, 5.74) is 0.689. The van der Waals surface area contributed by atoms with E-state index < -0.39 is 11.9 Å². The molecule has 178 valence electrons. The lowest BCUT2D eigenvalue weighted by atomic mass is 10.1. The zero-order chi connectivity index (χ0) is 23.0. The van der Waals surface area contributed by atoms with Crippen LogP contribution in [0.3, 0.4) is 0 Å². The molecule has 2 heterocycles. The van der Waals surface area contributed by atoms with Crippen molar-refractivity contribution in [1.82, 2.24) is 0 Å². The number of hydrogen-bond donors (Lipinski definition) is 0. The normalized spacial score (nSPS) is 10.9. The molecular weight excluding hydrogens is 440 g/mol. The highest BCUT2D eigenvalue weighted by Gasteiger charge is 2.26. The molecular formula is C26H38O4S2. The van der Waals surface area contributed by atoms with E-state index in [-0.39, 0.29) is 0 Å². The van der Waals surface area contributed by atoms with E-state index >= 15 is 0 Å². The molecule has 0 fully saturated rings. The van der Waals surface area contributed by atoms with Crippen LogP contribution in [0.15, 0.2) is 22.9 Å². The van der Waals surface area contributed by atoms with Crippen LogP contribution in [-0.2, 0) is 9.47 Å². The second kappa shape index (κ2) is 16.0. The molecule has 6 heteroatoms. The molecule has 0 atom stereocenters. The average molecular weight is 479 g/mol. The molecule has 0 aliphatic rings. The van der Waals surface area contributed by atoms with Crippen LogP contribution in [0.25, 0.3) is 9.75 Å².